The number of benzene rings is 1. The zero-order chi connectivity index (χ0) is 14.3. The predicted molar refractivity (Wildman–Crippen MR) is 70.6 cm³/mol. The van der Waals surface area contributed by atoms with E-state index in [-0.39, 0.29) is 12.5 Å². The van der Waals surface area contributed by atoms with Crippen molar-refractivity contribution < 1.29 is 14.6 Å². The highest BCUT2D eigenvalue weighted by molar-refractivity contribution is 5.94. The second-order valence-corrected chi connectivity index (χ2v) is 4.61. The molecule has 2 N–H and O–H groups in total. The quantitative estimate of drug-likeness (QED) is 0.803. The second-order valence-electron chi connectivity index (χ2n) is 4.61. The van der Waals surface area contributed by atoms with Gasteiger partial charge in [0.15, 0.2) is 0 Å². The van der Waals surface area contributed by atoms with Crippen LogP contribution in [0.2, 0.25) is 0 Å². The first-order chi connectivity index (χ1) is 8.98. The van der Waals surface area contributed by atoms with Crippen LogP contribution in [0.5, 0.6) is 0 Å². The van der Waals surface area contributed by atoms with Crippen LogP contribution >= 0.6 is 0 Å². The molecule has 0 saturated carbocycles. The van der Waals surface area contributed by atoms with E-state index in [2.05, 4.69) is 5.32 Å². The van der Waals surface area contributed by atoms with Gasteiger partial charge in [-0.3, -0.25) is 4.79 Å². The topological polar surface area (TPSA) is 82.3 Å². The summed E-state index contributed by atoms with van der Waals surface area (Å²) in [5, 5.41) is 21.3. The molecule has 0 bridgehead atoms. The Hall–Kier alpha value is -1.90. The van der Waals surface area contributed by atoms with Crippen molar-refractivity contribution in [2.24, 2.45) is 0 Å². The van der Waals surface area contributed by atoms with E-state index in [0.717, 1.165) is 0 Å². The van der Waals surface area contributed by atoms with E-state index in [1.165, 1.54) is 0 Å². The molecule has 0 radical (unpaired) electrons. The standard InChI is InChI=1S/C14H18N2O3/c1-14(18,7-8-19-2)10-16-13(17)12-5-3-11(9-15)4-6-12/h3-6,18H,7-8,10H2,1-2H3,(H,16,17). The number of aliphatic hydroxyl groups is 1. The second kappa shape index (κ2) is 6.88. The SMILES string of the molecule is COCCC(C)(O)CNC(=O)c1ccc(C#N)cc1. The van der Waals surface area contributed by atoms with Crippen LogP contribution in [0.3, 0.4) is 0 Å². The molecular weight excluding hydrogens is 244 g/mol. The molecular formula is C14H18N2O3. The van der Waals surface area contributed by atoms with Crippen molar-refractivity contribution in [1.29, 1.82) is 5.26 Å². The lowest BCUT2D eigenvalue weighted by atomic mass is 10.0. The van der Waals surface area contributed by atoms with E-state index >= 15 is 0 Å². The maximum absolute atomic E-state index is 11.8. The van der Waals surface area contributed by atoms with Crippen LogP contribution in [-0.4, -0.2) is 36.9 Å². The third-order valence-corrected chi connectivity index (χ3v) is 2.75. The van der Waals surface area contributed by atoms with Gasteiger partial charge in [0.2, 0.25) is 0 Å². The fraction of sp³-hybridized carbons (Fsp3) is 0.429. The molecule has 0 aliphatic carbocycles. The number of ether oxygens (including phenoxy) is 1. The van der Waals surface area contributed by atoms with Gasteiger partial charge in [-0.1, -0.05) is 0 Å². The highest BCUT2D eigenvalue weighted by Gasteiger charge is 2.21. The zero-order valence-electron chi connectivity index (χ0n) is 11.1. The normalized spacial score (nSPS) is 13.4. The summed E-state index contributed by atoms with van der Waals surface area (Å²) in [4.78, 5) is 11.8. The summed E-state index contributed by atoms with van der Waals surface area (Å²) in [6.07, 6.45) is 0.442. The first kappa shape index (κ1) is 15.2. The minimum atomic E-state index is -1.00. The molecule has 1 amide bonds. The Morgan fingerprint density at radius 3 is 2.63 bits per heavy atom. The highest BCUT2D eigenvalue weighted by Crippen LogP contribution is 2.09. The minimum Gasteiger partial charge on any atom is -0.388 e. The van der Waals surface area contributed by atoms with Gasteiger partial charge in [-0.25, -0.2) is 0 Å². The van der Waals surface area contributed by atoms with E-state index in [1.807, 2.05) is 6.07 Å². The molecule has 1 atom stereocenters. The van der Waals surface area contributed by atoms with Crippen molar-refractivity contribution in [2.75, 3.05) is 20.3 Å². The van der Waals surface area contributed by atoms with Crippen molar-refractivity contribution in [3.05, 3.63) is 35.4 Å². The minimum absolute atomic E-state index is 0.148. The van der Waals surface area contributed by atoms with Crippen molar-refractivity contribution >= 4 is 5.91 Å². The number of nitrogens with zero attached hydrogens (tertiary/aromatic N) is 1. The van der Waals surface area contributed by atoms with E-state index in [9.17, 15) is 9.90 Å². The molecule has 19 heavy (non-hydrogen) atoms. The van der Waals surface area contributed by atoms with Gasteiger partial charge in [0, 0.05) is 32.2 Å². The summed E-state index contributed by atoms with van der Waals surface area (Å²) >= 11 is 0. The van der Waals surface area contributed by atoms with Crippen LogP contribution in [0.25, 0.3) is 0 Å². The summed E-state index contributed by atoms with van der Waals surface area (Å²) in [6.45, 7) is 2.22. The zero-order valence-corrected chi connectivity index (χ0v) is 11.1. The Balaban J connectivity index is 2.53. The van der Waals surface area contributed by atoms with Gasteiger partial charge in [0.25, 0.3) is 5.91 Å². The molecule has 1 unspecified atom stereocenters. The molecule has 0 aliphatic rings. The number of nitriles is 1. The van der Waals surface area contributed by atoms with E-state index in [0.29, 0.717) is 24.2 Å². The van der Waals surface area contributed by atoms with Crippen LogP contribution < -0.4 is 5.32 Å². The van der Waals surface area contributed by atoms with Crippen LogP contribution in [0.1, 0.15) is 29.3 Å². The largest absolute Gasteiger partial charge is 0.388 e. The summed E-state index contributed by atoms with van der Waals surface area (Å²) < 4.78 is 4.89. The van der Waals surface area contributed by atoms with Gasteiger partial charge in [-0.05, 0) is 31.2 Å². The molecule has 0 fully saturated rings. The maximum Gasteiger partial charge on any atom is 0.251 e. The lowest BCUT2D eigenvalue weighted by Crippen LogP contribution is -2.41. The lowest BCUT2D eigenvalue weighted by molar-refractivity contribution is 0.0243. The number of carbonyl (C=O) groups excluding carboxylic acids is 1. The molecule has 5 nitrogen and oxygen atoms in total. The van der Waals surface area contributed by atoms with Crippen molar-refractivity contribution in [1.82, 2.24) is 5.32 Å². The Morgan fingerprint density at radius 2 is 2.11 bits per heavy atom. The van der Waals surface area contributed by atoms with Gasteiger partial charge in [-0.15, -0.1) is 0 Å². The third-order valence-electron chi connectivity index (χ3n) is 2.75. The number of methoxy groups -OCH3 is 1. The average molecular weight is 262 g/mol. The number of hydrogen-bond donors (Lipinski definition) is 2. The number of nitrogens with one attached hydrogen (secondary N) is 1. The van der Waals surface area contributed by atoms with E-state index in [4.69, 9.17) is 10.00 Å². The molecule has 0 spiro atoms. The summed E-state index contributed by atoms with van der Waals surface area (Å²) in [7, 11) is 1.56. The van der Waals surface area contributed by atoms with E-state index < -0.39 is 5.60 Å². The maximum atomic E-state index is 11.8. The van der Waals surface area contributed by atoms with Crippen LogP contribution in [0.15, 0.2) is 24.3 Å². The molecule has 1 rings (SSSR count). The predicted octanol–water partition coefficient (Wildman–Crippen LogP) is 1.08. The van der Waals surface area contributed by atoms with Gasteiger partial charge in [0.1, 0.15) is 0 Å². The van der Waals surface area contributed by atoms with Gasteiger partial charge >= 0.3 is 0 Å². The van der Waals surface area contributed by atoms with Gasteiger partial charge in [-0.2, -0.15) is 5.26 Å². The Morgan fingerprint density at radius 1 is 1.47 bits per heavy atom. The molecule has 102 valence electrons. The van der Waals surface area contributed by atoms with Crippen LogP contribution in [0.4, 0.5) is 0 Å². The van der Waals surface area contributed by atoms with Crippen molar-refractivity contribution in [2.45, 2.75) is 18.9 Å². The number of rotatable bonds is 6. The van der Waals surface area contributed by atoms with Gasteiger partial charge < -0.3 is 15.2 Å². The van der Waals surface area contributed by atoms with Crippen molar-refractivity contribution in [3.8, 4) is 6.07 Å². The van der Waals surface area contributed by atoms with Crippen LogP contribution in [-0.2, 0) is 4.74 Å². The number of amides is 1. The Bertz CT molecular complexity index is 461. The fourth-order valence-corrected chi connectivity index (χ4v) is 1.48. The van der Waals surface area contributed by atoms with Crippen molar-refractivity contribution in [3.63, 3.8) is 0 Å². The van der Waals surface area contributed by atoms with Gasteiger partial charge in [0.05, 0.1) is 17.2 Å². The molecule has 0 aliphatic heterocycles. The number of carbonyl (C=O) groups is 1. The fourth-order valence-electron chi connectivity index (χ4n) is 1.48. The summed E-state index contributed by atoms with van der Waals surface area (Å²) in [5.74, 6) is -0.276. The van der Waals surface area contributed by atoms with Crippen LogP contribution in [0, 0.1) is 11.3 Å². The molecule has 1 aromatic carbocycles. The molecule has 5 heteroatoms. The molecule has 0 saturated heterocycles. The monoisotopic (exact) mass is 262 g/mol. The molecule has 1 aromatic rings. The molecule has 0 heterocycles. The summed E-state index contributed by atoms with van der Waals surface area (Å²) in [5.41, 5.74) is -0.0386. The lowest BCUT2D eigenvalue weighted by Gasteiger charge is -2.23. The smallest absolute Gasteiger partial charge is 0.251 e. The number of hydrogen-bond acceptors (Lipinski definition) is 4. The summed E-state index contributed by atoms with van der Waals surface area (Å²) in [6, 6.07) is 8.31. The van der Waals surface area contributed by atoms with E-state index in [1.54, 1.807) is 38.3 Å². The first-order valence-electron chi connectivity index (χ1n) is 5.98. The average Bonchev–Trinajstić information content (AvgIpc) is 2.43. The Kier molecular flexibility index (Phi) is 5.49. The Labute approximate surface area is 112 Å². The first-order valence-corrected chi connectivity index (χ1v) is 5.98. The molecule has 0 aromatic heterocycles. The third kappa shape index (κ3) is 5.08. The highest BCUT2D eigenvalue weighted by atomic mass is 16.5.